The Morgan fingerprint density at radius 2 is 2.06 bits per heavy atom. The number of hydrogen-bond donors (Lipinski definition) is 1. The second-order valence-electron chi connectivity index (χ2n) is 4.41. The summed E-state index contributed by atoms with van der Waals surface area (Å²) < 4.78 is 1.60. The number of nitrogens with two attached hydrogens (primary N) is 1. The molecule has 0 radical (unpaired) electrons. The Morgan fingerprint density at radius 1 is 1.39 bits per heavy atom. The highest BCUT2D eigenvalue weighted by molar-refractivity contribution is 8.00. The maximum atomic E-state index is 12.1. The first-order valence-electron chi connectivity index (χ1n) is 5.59. The average molecular weight is 269 g/mol. The number of carbonyl (C=O) groups excluding carboxylic acids is 2. The van der Waals surface area contributed by atoms with Crippen molar-refractivity contribution in [3.63, 3.8) is 0 Å². The van der Waals surface area contributed by atoms with Crippen LogP contribution >= 0.6 is 11.8 Å². The highest BCUT2D eigenvalue weighted by Crippen LogP contribution is 2.31. The maximum absolute atomic E-state index is 12.1. The molecule has 7 nitrogen and oxygen atoms in total. The number of nitrogen functional groups attached to an aromatic ring is 1. The predicted molar refractivity (Wildman–Crippen MR) is 66.7 cm³/mol. The van der Waals surface area contributed by atoms with Crippen molar-refractivity contribution in [3.05, 3.63) is 0 Å². The molecule has 2 heterocycles. The SMILES string of the molecule is CC(C)N1C(=O)CC(Sc2nnc(N)n2C)C1=O. The van der Waals surface area contributed by atoms with Crippen molar-refractivity contribution in [1.29, 1.82) is 0 Å². The summed E-state index contributed by atoms with van der Waals surface area (Å²) in [6.07, 6.45) is 0.203. The summed E-state index contributed by atoms with van der Waals surface area (Å²) in [5.74, 6) is -0.0146. The lowest BCUT2D eigenvalue weighted by molar-refractivity contribution is -0.140. The Balaban J connectivity index is 2.15. The number of anilines is 1. The predicted octanol–water partition coefficient (Wildman–Crippen LogP) is 0.0253. The molecule has 0 saturated carbocycles. The molecule has 0 bridgehead atoms. The molecule has 1 fully saturated rings. The van der Waals surface area contributed by atoms with E-state index in [1.54, 1.807) is 11.6 Å². The van der Waals surface area contributed by atoms with Gasteiger partial charge in [0, 0.05) is 19.5 Å². The van der Waals surface area contributed by atoms with Crippen molar-refractivity contribution < 1.29 is 9.59 Å². The topological polar surface area (TPSA) is 94.1 Å². The van der Waals surface area contributed by atoms with Gasteiger partial charge in [-0.3, -0.25) is 19.1 Å². The molecule has 1 aliphatic heterocycles. The number of thioether (sulfide) groups is 1. The molecule has 2 rings (SSSR count). The van der Waals surface area contributed by atoms with Crippen LogP contribution in [0.3, 0.4) is 0 Å². The Labute approximate surface area is 109 Å². The van der Waals surface area contributed by atoms with E-state index in [1.807, 2.05) is 13.8 Å². The van der Waals surface area contributed by atoms with Crippen molar-refractivity contribution in [2.24, 2.45) is 7.05 Å². The van der Waals surface area contributed by atoms with Crippen molar-refractivity contribution in [2.45, 2.75) is 36.7 Å². The van der Waals surface area contributed by atoms with Crippen LogP contribution < -0.4 is 5.73 Å². The van der Waals surface area contributed by atoms with Crippen LogP contribution in [0.15, 0.2) is 5.16 Å². The van der Waals surface area contributed by atoms with Crippen LogP contribution in [0.25, 0.3) is 0 Å². The van der Waals surface area contributed by atoms with Crippen LogP contribution in [-0.4, -0.2) is 42.8 Å². The Hall–Kier alpha value is -1.57. The Kier molecular flexibility index (Phi) is 3.29. The van der Waals surface area contributed by atoms with Gasteiger partial charge in [-0.25, -0.2) is 0 Å². The molecular formula is C10H15N5O2S. The van der Waals surface area contributed by atoms with Gasteiger partial charge in [0.25, 0.3) is 0 Å². The lowest BCUT2D eigenvalue weighted by Gasteiger charge is -2.18. The molecule has 1 unspecified atom stereocenters. The largest absolute Gasteiger partial charge is 0.368 e. The Bertz CT molecular complexity index is 498. The van der Waals surface area contributed by atoms with Gasteiger partial charge in [-0.1, -0.05) is 11.8 Å². The smallest absolute Gasteiger partial charge is 0.243 e. The van der Waals surface area contributed by atoms with Crippen LogP contribution in [-0.2, 0) is 16.6 Å². The number of rotatable bonds is 3. The van der Waals surface area contributed by atoms with E-state index >= 15 is 0 Å². The number of likely N-dealkylation sites (tertiary alicyclic amines) is 1. The number of aromatic nitrogens is 3. The van der Waals surface area contributed by atoms with E-state index in [0.717, 1.165) is 0 Å². The van der Waals surface area contributed by atoms with Crippen molar-refractivity contribution in [3.8, 4) is 0 Å². The molecule has 0 spiro atoms. The molecule has 0 aromatic carbocycles. The van der Waals surface area contributed by atoms with Gasteiger partial charge >= 0.3 is 0 Å². The van der Waals surface area contributed by atoms with Gasteiger partial charge in [-0.2, -0.15) is 0 Å². The number of amides is 2. The molecule has 0 aliphatic carbocycles. The summed E-state index contributed by atoms with van der Waals surface area (Å²) in [7, 11) is 1.72. The van der Waals surface area contributed by atoms with E-state index in [-0.39, 0.29) is 30.2 Å². The summed E-state index contributed by atoms with van der Waals surface area (Å²) in [6, 6.07) is -0.111. The first-order valence-corrected chi connectivity index (χ1v) is 6.47. The zero-order valence-corrected chi connectivity index (χ0v) is 11.3. The van der Waals surface area contributed by atoms with E-state index in [1.165, 1.54) is 16.7 Å². The lowest BCUT2D eigenvalue weighted by atomic mass is 10.3. The normalized spacial score (nSPS) is 20.2. The molecule has 2 amide bonds. The van der Waals surface area contributed by atoms with E-state index in [4.69, 9.17) is 5.73 Å². The van der Waals surface area contributed by atoms with Crippen molar-refractivity contribution in [1.82, 2.24) is 19.7 Å². The van der Waals surface area contributed by atoms with Crippen molar-refractivity contribution >= 4 is 29.5 Å². The second-order valence-corrected chi connectivity index (χ2v) is 5.58. The molecule has 8 heteroatoms. The van der Waals surface area contributed by atoms with Gasteiger partial charge < -0.3 is 5.73 Å². The third-order valence-corrected chi connectivity index (χ3v) is 3.99. The molecule has 1 atom stereocenters. The summed E-state index contributed by atoms with van der Waals surface area (Å²) in [5, 5.41) is 7.71. The molecule has 1 saturated heterocycles. The maximum Gasteiger partial charge on any atom is 0.243 e. The van der Waals surface area contributed by atoms with Crippen molar-refractivity contribution in [2.75, 3.05) is 5.73 Å². The van der Waals surface area contributed by atoms with Crippen LogP contribution in [0.4, 0.5) is 5.95 Å². The number of hydrogen-bond acceptors (Lipinski definition) is 6. The Morgan fingerprint density at radius 3 is 2.50 bits per heavy atom. The first-order chi connectivity index (χ1) is 8.41. The number of carbonyl (C=O) groups is 2. The molecule has 2 N–H and O–H groups in total. The molecule has 18 heavy (non-hydrogen) atoms. The van der Waals surface area contributed by atoms with Crippen LogP contribution in [0.2, 0.25) is 0 Å². The minimum atomic E-state index is -0.429. The second kappa shape index (κ2) is 4.60. The summed E-state index contributed by atoms with van der Waals surface area (Å²) in [4.78, 5) is 25.1. The highest BCUT2D eigenvalue weighted by atomic mass is 32.2. The van der Waals surface area contributed by atoms with E-state index in [9.17, 15) is 9.59 Å². The minimum Gasteiger partial charge on any atom is -0.368 e. The van der Waals surface area contributed by atoms with Gasteiger partial charge in [0.2, 0.25) is 17.8 Å². The average Bonchev–Trinajstić information content (AvgIpc) is 2.73. The molecule has 1 aromatic rings. The number of nitrogens with zero attached hydrogens (tertiary/aromatic N) is 4. The lowest BCUT2D eigenvalue weighted by Crippen LogP contribution is -2.37. The van der Waals surface area contributed by atoms with E-state index in [2.05, 4.69) is 10.2 Å². The van der Waals surface area contributed by atoms with Gasteiger partial charge in [0.05, 0.1) is 0 Å². The van der Waals surface area contributed by atoms with Crippen LogP contribution in [0, 0.1) is 0 Å². The third-order valence-electron chi connectivity index (χ3n) is 2.77. The summed E-state index contributed by atoms with van der Waals surface area (Å²) in [5.41, 5.74) is 5.57. The zero-order chi connectivity index (χ0) is 13.4. The van der Waals surface area contributed by atoms with Gasteiger partial charge in [-0.05, 0) is 13.8 Å². The molecule has 1 aliphatic rings. The summed E-state index contributed by atoms with van der Waals surface area (Å²) >= 11 is 1.23. The van der Waals surface area contributed by atoms with Crippen LogP contribution in [0.1, 0.15) is 20.3 Å². The zero-order valence-electron chi connectivity index (χ0n) is 10.5. The van der Waals surface area contributed by atoms with E-state index < -0.39 is 5.25 Å². The highest BCUT2D eigenvalue weighted by Gasteiger charge is 2.41. The fraction of sp³-hybridized carbons (Fsp3) is 0.600. The number of imide groups is 1. The third kappa shape index (κ3) is 2.07. The van der Waals surface area contributed by atoms with Crippen LogP contribution in [0.5, 0.6) is 0 Å². The molecule has 1 aromatic heterocycles. The van der Waals surface area contributed by atoms with Gasteiger partial charge in [0.1, 0.15) is 5.25 Å². The monoisotopic (exact) mass is 269 g/mol. The standard InChI is InChI=1S/C10H15N5O2S/c1-5(2)15-7(16)4-6(8(15)17)18-10-13-12-9(11)14(10)3/h5-6H,4H2,1-3H3,(H2,11,12). The minimum absolute atomic E-state index is 0.111. The van der Waals surface area contributed by atoms with Gasteiger partial charge in [-0.15, -0.1) is 10.2 Å². The van der Waals surface area contributed by atoms with E-state index in [0.29, 0.717) is 5.16 Å². The molecule has 98 valence electrons. The fourth-order valence-electron chi connectivity index (χ4n) is 1.81. The molecular weight excluding hydrogens is 254 g/mol. The first kappa shape index (κ1) is 12.9. The van der Waals surface area contributed by atoms with Gasteiger partial charge in [0.15, 0.2) is 5.16 Å². The quantitative estimate of drug-likeness (QED) is 0.778. The fourth-order valence-corrected chi connectivity index (χ4v) is 2.85. The summed E-state index contributed by atoms with van der Waals surface area (Å²) in [6.45, 7) is 3.65.